The monoisotopic (exact) mass is 273 g/mol. The molecule has 0 amide bonds. The molecular formula is C16H19NO3. The summed E-state index contributed by atoms with van der Waals surface area (Å²) in [6, 6.07) is 13.7. The average Bonchev–Trinajstić information content (AvgIpc) is 2.52. The van der Waals surface area contributed by atoms with Crippen LogP contribution in [0.4, 0.5) is 0 Å². The van der Waals surface area contributed by atoms with Gasteiger partial charge in [-0.3, -0.25) is 0 Å². The van der Waals surface area contributed by atoms with Crippen LogP contribution in [0.1, 0.15) is 0 Å². The summed E-state index contributed by atoms with van der Waals surface area (Å²) in [6.45, 7) is 0.940. The Labute approximate surface area is 119 Å². The maximum absolute atomic E-state index is 5.54. The molecule has 0 aromatic heterocycles. The van der Waals surface area contributed by atoms with Crippen LogP contribution in [0.5, 0.6) is 17.2 Å². The van der Waals surface area contributed by atoms with E-state index in [2.05, 4.69) is 0 Å². The Morgan fingerprint density at radius 2 is 1.70 bits per heavy atom. The summed E-state index contributed by atoms with van der Waals surface area (Å²) in [5.41, 5.74) is 7.55. The van der Waals surface area contributed by atoms with Crippen molar-refractivity contribution in [1.29, 1.82) is 0 Å². The number of benzene rings is 2. The Hall–Kier alpha value is -2.20. The van der Waals surface area contributed by atoms with Crippen LogP contribution >= 0.6 is 0 Å². The van der Waals surface area contributed by atoms with E-state index in [9.17, 15) is 0 Å². The van der Waals surface area contributed by atoms with Crippen LogP contribution in [0.15, 0.2) is 42.5 Å². The Morgan fingerprint density at radius 1 is 0.900 bits per heavy atom. The van der Waals surface area contributed by atoms with Gasteiger partial charge in [0.25, 0.3) is 0 Å². The number of ether oxygens (including phenoxy) is 3. The summed E-state index contributed by atoms with van der Waals surface area (Å²) in [6.07, 6.45) is 0. The first-order valence-electron chi connectivity index (χ1n) is 6.44. The van der Waals surface area contributed by atoms with E-state index in [0.717, 1.165) is 16.9 Å². The van der Waals surface area contributed by atoms with E-state index < -0.39 is 0 Å². The predicted octanol–water partition coefficient (Wildman–Crippen LogP) is 2.71. The minimum absolute atomic E-state index is 0.467. The first kappa shape index (κ1) is 14.2. The Morgan fingerprint density at radius 3 is 2.40 bits per heavy atom. The van der Waals surface area contributed by atoms with E-state index in [0.29, 0.717) is 24.7 Å². The van der Waals surface area contributed by atoms with Gasteiger partial charge in [0.1, 0.15) is 12.4 Å². The molecule has 0 fully saturated rings. The zero-order chi connectivity index (χ0) is 14.4. The van der Waals surface area contributed by atoms with Gasteiger partial charge >= 0.3 is 0 Å². The smallest absolute Gasteiger partial charge is 0.161 e. The molecule has 4 nitrogen and oxygen atoms in total. The highest BCUT2D eigenvalue weighted by molar-refractivity contribution is 5.68. The first-order valence-corrected chi connectivity index (χ1v) is 6.44. The van der Waals surface area contributed by atoms with Crippen LogP contribution in [-0.4, -0.2) is 27.4 Å². The number of hydrogen-bond acceptors (Lipinski definition) is 4. The molecule has 2 rings (SSSR count). The maximum Gasteiger partial charge on any atom is 0.161 e. The third kappa shape index (κ3) is 3.22. The van der Waals surface area contributed by atoms with Gasteiger partial charge in [-0.05, 0) is 35.4 Å². The molecule has 2 aromatic carbocycles. The molecule has 2 N–H and O–H groups in total. The van der Waals surface area contributed by atoms with Crippen molar-refractivity contribution in [2.75, 3.05) is 27.4 Å². The first-order chi connectivity index (χ1) is 9.78. The molecule has 0 unspecified atom stereocenters. The van der Waals surface area contributed by atoms with E-state index in [1.807, 2.05) is 42.5 Å². The zero-order valence-electron chi connectivity index (χ0n) is 11.8. The van der Waals surface area contributed by atoms with Gasteiger partial charge in [0.2, 0.25) is 0 Å². The summed E-state index contributed by atoms with van der Waals surface area (Å²) in [5.74, 6) is 2.22. The highest BCUT2D eigenvalue weighted by Gasteiger charge is 2.07. The van der Waals surface area contributed by atoms with Crippen molar-refractivity contribution >= 4 is 0 Å². The second kappa shape index (κ2) is 6.82. The van der Waals surface area contributed by atoms with Crippen LogP contribution in [0, 0.1) is 0 Å². The van der Waals surface area contributed by atoms with Crippen LogP contribution < -0.4 is 19.9 Å². The van der Waals surface area contributed by atoms with Crippen molar-refractivity contribution in [3.63, 3.8) is 0 Å². The molecule has 20 heavy (non-hydrogen) atoms. The normalized spacial score (nSPS) is 10.2. The van der Waals surface area contributed by atoms with Gasteiger partial charge in [-0.1, -0.05) is 18.2 Å². The lowest BCUT2D eigenvalue weighted by Gasteiger charge is -2.12. The van der Waals surface area contributed by atoms with Gasteiger partial charge in [-0.25, -0.2) is 0 Å². The molecule has 0 atom stereocenters. The fraction of sp³-hybridized carbons (Fsp3) is 0.250. The largest absolute Gasteiger partial charge is 0.497 e. The van der Waals surface area contributed by atoms with Crippen molar-refractivity contribution in [1.82, 2.24) is 0 Å². The zero-order valence-corrected chi connectivity index (χ0v) is 11.8. The van der Waals surface area contributed by atoms with Crippen molar-refractivity contribution < 1.29 is 14.2 Å². The molecule has 0 spiro atoms. The Balaban J connectivity index is 2.32. The lowest BCUT2D eigenvalue weighted by atomic mass is 10.0. The third-order valence-corrected chi connectivity index (χ3v) is 2.94. The lowest BCUT2D eigenvalue weighted by Crippen LogP contribution is -2.11. The van der Waals surface area contributed by atoms with E-state index in [1.54, 1.807) is 14.2 Å². The minimum Gasteiger partial charge on any atom is -0.497 e. The summed E-state index contributed by atoms with van der Waals surface area (Å²) in [4.78, 5) is 0. The number of hydrogen-bond donors (Lipinski definition) is 1. The lowest BCUT2D eigenvalue weighted by molar-refractivity contribution is 0.302. The molecule has 0 aliphatic rings. The molecule has 0 heterocycles. The fourth-order valence-corrected chi connectivity index (χ4v) is 1.94. The molecule has 0 aliphatic heterocycles. The molecule has 0 bridgehead atoms. The Bertz CT molecular complexity index is 569. The van der Waals surface area contributed by atoms with Gasteiger partial charge < -0.3 is 19.9 Å². The van der Waals surface area contributed by atoms with E-state index in [4.69, 9.17) is 19.9 Å². The van der Waals surface area contributed by atoms with E-state index in [1.165, 1.54) is 0 Å². The minimum atomic E-state index is 0.467. The molecule has 2 aromatic rings. The molecule has 0 saturated heterocycles. The molecule has 0 aliphatic carbocycles. The molecular weight excluding hydrogens is 254 g/mol. The topological polar surface area (TPSA) is 53.7 Å². The van der Waals surface area contributed by atoms with Crippen molar-refractivity contribution in [3.05, 3.63) is 42.5 Å². The van der Waals surface area contributed by atoms with E-state index in [-0.39, 0.29) is 0 Å². The SMILES string of the molecule is COc1cccc(-c2ccc(OCCN)c(OC)c2)c1. The van der Waals surface area contributed by atoms with Crippen LogP contribution in [0.25, 0.3) is 11.1 Å². The van der Waals surface area contributed by atoms with Gasteiger partial charge in [0.15, 0.2) is 11.5 Å². The van der Waals surface area contributed by atoms with E-state index >= 15 is 0 Å². The molecule has 0 radical (unpaired) electrons. The van der Waals surface area contributed by atoms with Crippen LogP contribution in [0.3, 0.4) is 0 Å². The van der Waals surface area contributed by atoms with Crippen LogP contribution in [0.2, 0.25) is 0 Å². The third-order valence-electron chi connectivity index (χ3n) is 2.94. The summed E-state index contributed by atoms with van der Waals surface area (Å²) in [7, 11) is 3.28. The van der Waals surface area contributed by atoms with Crippen molar-refractivity contribution in [2.24, 2.45) is 5.73 Å². The summed E-state index contributed by atoms with van der Waals surface area (Å²) in [5, 5.41) is 0. The number of rotatable bonds is 6. The van der Waals surface area contributed by atoms with Gasteiger partial charge in [0, 0.05) is 6.54 Å². The number of methoxy groups -OCH3 is 2. The summed E-state index contributed by atoms with van der Waals surface area (Å²) >= 11 is 0. The molecule has 0 saturated carbocycles. The molecule has 4 heteroatoms. The second-order valence-corrected chi connectivity index (χ2v) is 4.23. The Kier molecular flexibility index (Phi) is 4.85. The van der Waals surface area contributed by atoms with Crippen molar-refractivity contribution in [2.45, 2.75) is 0 Å². The highest BCUT2D eigenvalue weighted by atomic mass is 16.5. The average molecular weight is 273 g/mol. The van der Waals surface area contributed by atoms with Gasteiger partial charge in [-0.15, -0.1) is 0 Å². The fourth-order valence-electron chi connectivity index (χ4n) is 1.94. The number of nitrogens with two attached hydrogens (primary N) is 1. The van der Waals surface area contributed by atoms with Gasteiger partial charge in [-0.2, -0.15) is 0 Å². The second-order valence-electron chi connectivity index (χ2n) is 4.23. The van der Waals surface area contributed by atoms with Crippen LogP contribution in [-0.2, 0) is 0 Å². The standard InChI is InChI=1S/C16H19NO3/c1-18-14-5-3-4-12(10-14)13-6-7-15(20-9-8-17)16(11-13)19-2/h3-7,10-11H,8-9,17H2,1-2H3. The predicted molar refractivity (Wildman–Crippen MR) is 79.5 cm³/mol. The van der Waals surface area contributed by atoms with Crippen molar-refractivity contribution in [3.8, 4) is 28.4 Å². The summed E-state index contributed by atoms with van der Waals surface area (Å²) < 4.78 is 16.1. The molecule has 106 valence electrons. The quantitative estimate of drug-likeness (QED) is 0.879. The maximum atomic E-state index is 5.54. The highest BCUT2D eigenvalue weighted by Crippen LogP contribution is 2.33. The van der Waals surface area contributed by atoms with Gasteiger partial charge in [0.05, 0.1) is 14.2 Å².